The Morgan fingerprint density at radius 1 is 1.11 bits per heavy atom. The topological polar surface area (TPSA) is 104 Å². The third kappa shape index (κ3) is 5.54. The molecule has 1 aromatic carbocycles. The van der Waals surface area contributed by atoms with E-state index in [2.05, 4.69) is 20.3 Å². The fourth-order valence-corrected chi connectivity index (χ4v) is 4.95. The molecule has 2 aromatic heterocycles. The number of hydrogen-bond acceptors (Lipinski definition) is 9. The van der Waals surface area contributed by atoms with Crippen LogP contribution in [0, 0.1) is 6.92 Å². The van der Waals surface area contributed by atoms with Gasteiger partial charge >= 0.3 is 6.18 Å². The summed E-state index contributed by atoms with van der Waals surface area (Å²) >= 11 is 1.68. The second-order valence-electron chi connectivity index (χ2n) is 8.44. The number of nitrogens with one attached hydrogen (secondary N) is 1. The van der Waals surface area contributed by atoms with E-state index in [0.29, 0.717) is 60.0 Å². The lowest BCUT2D eigenvalue weighted by Crippen LogP contribution is -2.30. The van der Waals surface area contributed by atoms with E-state index in [0.717, 1.165) is 23.4 Å². The van der Waals surface area contributed by atoms with Crippen molar-refractivity contribution in [3.63, 3.8) is 0 Å². The summed E-state index contributed by atoms with van der Waals surface area (Å²) in [6.07, 6.45) is -3.77. The van der Waals surface area contributed by atoms with Crippen molar-refractivity contribution in [3.05, 3.63) is 41.3 Å². The number of fused-ring (bicyclic) bond motifs is 1. The Morgan fingerprint density at radius 2 is 1.94 bits per heavy atom. The number of alkyl halides is 3. The predicted molar refractivity (Wildman–Crippen MR) is 126 cm³/mol. The highest BCUT2D eigenvalue weighted by atomic mass is 32.2. The van der Waals surface area contributed by atoms with Crippen molar-refractivity contribution in [2.75, 3.05) is 37.5 Å². The Balaban J connectivity index is 1.47. The lowest BCUT2D eigenvalue weighted by Gasteiger charge is -2.26. The molecule has 8 nitrogen and oxygen atoms in total. The van der Waals surface area contributed by atoms with Crippen LogP contribution in [0.15, 0.2) is 29.2 Å². The van der Waals surface area contributed by atoms with Crippen molar-refractivity contribution in [3.8, 4) is 5.75 Å². The summed E-state index contributed by atoms with van der Waals surface area (Å²) in [6, 6.07) is 5.63. The van der Waals surface area contributed by atoms with Crippen molar-refractivity contribution < 1.29 is 27.4 Å². The zero-order chi connectivity index (χ0) is 24.6. The van der Waals surface area contributed by atoms with E-state index in [9.17, 15) is 13.2 Å². The summed E-state index contributed by atoms with van der Waals surface area (Å²) in [6.45, 7) is 4.29. The average Bonchev–Trinajstić information content (AvgIpc) is 3.27. The number of hydrogen-bond donors (Lipinski definition) is 2. The molecule has 0 aliphatic carbocycles. The van der Waals surface area contributed by atoms with E-state index in [1.807, 2.05) is 12.1 Å². The molecule has 0 bridgehead atoms. The highest BCUT2D eigenvalue weighted by Crippen LogP contribution is 2.40. The van der Waals surface area contributed by atoms with Crippen LogP contribution in [-0.2, 0) is 22.2 Å². The maximum atomic E-state index is 13.2. The van der Waals surface area contributed by atoms with Gasteiger partial charge in [-0.1, -0.05) is 0 Å². The zero-order valence-electron chi connectivity index (χ0n) is 18.9. The number of halogens is 3. The summed E-state index contributed by atoms with van der Waals surface area (Å²) in [7, 11) is 0. The molecule has 0 amide bonds. The van der Waals surface area contributed by atoms with Crippen LogP contribution in [0.1, 0.15) is 23.5 Å². The number of benzene rings is 1. The number of thioether (sulfide) groups is 1. The highest BCUT2D eigenvalue weighted by molar-refractivity contribution is 8.00. The normalized spacial score (nSPS) is 18.6. The first kappa shape index (κ1) is 23.9. The van der Waals surface area contributed by atoms with Gasteiger partial charge in [0.15, 0.2) is 0 Å². The molecule has 4 heterocycles. The number of nitrogen functional groups attached to an aromatic ring is 1. The van der Waals surface area contributed by atoms with E-state index >= 15 is 0 Å². The maximum absolute atomic E-state index is 13.2. The van der Waals surface area contributed by atoms with Gasteiger partial charge in [0.1, 0.15) is 29.3 Å². The van der Waals surface area contributed by atoms with Crippen LogP contribution in [0.4, 0.5) is 24.8 Å². The molecule has 2 aliphatic rings. The molecule has 0 unspecified atom stereocenters. The molecule has 3 aromatic rings. The average molecular weight is 508 g/mol. The number of pyridine rings is 1. The van der Waals surface area contributed by atoms with Crippen LogP contribution >= 0.6 is 11.8 Å². The van der Waals surface area contributed by atoms with Crippen molar-refractivity contribution in [2.24, 2.45) is 0 Å². The number of anilines is 2. The standard InChI is InChI=1S/C23H24F3N5O3S/c1-12-29-18-7-20(35-16-10-33-11-16)19(34-15-2-3-32-9-15)6-17(18)22(30-12)28-8-14-4-13(23(24,25)26)5-21(27)31-14/h4-7,15-16H,2-3,8-11H2,1H3,(H2,27,31)(H,28,29,30)/t15-/m0/s1. The zero-order valence-corrected chi connectivity index (χ0v) is 19.7. The minimum absolute atomic E-state index is 0.00223. The van der Waals surface area contributed by atoms with E-state index < -0.39 is 11.7 Å². The number of nitrogens with two attached hydrogens (primary N) is 1. The van der Waals surface area contributed by atoms with Crippen molar-refractivity contribution in [1.82, 2.24) is 15.0 Å². The summed E-state index contributed by atoms with van der Waals surface area (Å²) in [5.41, 5.74) is 5.62. The molecular weight excluding hydrogens is 483 g/mol. The third-order valence-corrected chi connectivity index (χ3v) is 6.80. The van der Waals surface area contributed by atoms with Crippen LogP contribution in [-0.4, -0.2) is 52.7 Å². The molecule has 0 spiro atoms. The van der Waals surface area contributed by atoms with Crippen molar-refractivity contribution in [2.45, 2.75) is 42.3 Å². The highest BCUT2D eigenvalue weighted by Gasteiger charge is 2.31. The van der Waals surface area contributed by atoms with E-state index in [4.69, 9.17) is 19.9 Å². The Morgan fingerprint density at radius 3 is 2.63 bits per heavy atom. The van der Waals surface area contributed by atoms with Gasteiger partial charge in [-0.2, -0.15) is 13.2 Å². The summed E-state index contributed by atoms with van der Waals surface area (Å²) in [5, 5.41) is 4.14. The van der Waals surface area contributed by atoms with Crippen molar-refractivity contribution >= 4 is 34.3 Å². The van der Waals surface area contributed by atoms with Crippen molar-refractivity contribution in [1.29, 1.82) is 0 Å². The van der Waals surface area contributed by atoms with Crippen LogP contribution in [0.2, 0.25) is 0 Å². The van der Waals surface area contributed by atoms with Gasteiger partial charge in [-0.3, -0.25) is 0 Å². The largest absolute Gasteiger partial charge is 0.487 e. The molecular formula is C23H24F3N5O3S. The molecule has 5 rings (SSSR count). The fraction of sp³-hybridized carbons (Fsp3) is 0.435. The fourth-order valence-electron chi connectivity index (χ4n) is 3.86. The molecule has 186 valence electrons. The number of rotatable bonds is 7. The van der Waals surface area contributed by atoms with E-state index in [1.165, 1.54) is 0 Å². The summed E-state index contributed by atoms with van der Waals surface area (Å²) in [5.74, 6) is 1.50. The molecule has 2 fully saturated rings. The molecule has 1 atom stereocenters. The van der Waals surface area contributed by atoms with Crippen LogP contribution in [0.3, 0.4) is 0 Å². The number of ether oxygens (including phenoxy) is 3. The Labute approximate surface area is 203 Å². The van der Waals surface area contributed by atoms with Gasteiger partial charge in [0.25, 0.3) is 0 Å². The second-order valence-corrected chi connectivity index (χ2v) is 9.78. The van der Waals surface area contributed by atoms with Crippen LogP contribution < -0.4 is 15.8 Å². The minimum Gasteiger partial charge on any atom is -0.487 e. The van der Waals surface area contributed by atoms with Gasteiger partial charge in [0.05, 0.1) is 59.9 Å². The van der Waals surface area contributed by atoms with E-state index in [-0.39, 0.29) is 24.2 Å². The molecule has 0 radical (unpaired) electrons. The molecule has 3 N–H and O–H groups in total. The monoisotopic (exact) mass is 507 g/mol. The van der Waals surface area contributed by atoms with Gasteiger partial charge in [0.2, 0.25) is 0 Å². The van der Waals surface area contributed by atoms with E-state index in [1.54, 1.807) is 18.7 Å². The van der Waals surface area contributed by atoms with Gasteiger partial charge in [-0.25, -0.2) is 15.0 Å². The predicted octanol–water partition coefficient (Wildman–Crippen LogP) is 4.20. The third-order valence-electron chi connectivity index (χ3n) is 5.62. The molecule has 2 saturated heterocycles. The second kappa shape index (κ2) is 9.67. The number of aromatic nitrogens is 3. The van der Waals surface area contributed by atoms with Gasteiger partial charge < -0.3 is 25.3 Å². The minimum atomic E-state index is -4.51. The molecule has 12 heteroatoms. The molecule has 2 aliphatic heterocycles. The maximum Gasteiger partial charge on any atom is 0.416 e. The SMILES string of the molecule is Cc1nc(NCc2cc(C(F)(F)F)cc(N)n2)c2cc(O[C@H]3CCOC3)c(SC3COC3)cc2n1. The summed E-state index contributed by atoms with van der Waals surface area (Å²) in [4.78, 5) is 14.1. The van der Waals surface area contributed by atoms with Gasteiger partial charge in [-0.15, -0.1) is 11.8 Å². The van der Waals surface area contributed by atoms with Crippen LogP contribution in [0.5, 0.6) is 5.75 Å². The number of aryl methyl sites for hydroxylation is 1. The lowest BCUT2D eigenvalue weighted by molar-refractivity contribution is -0.137. The first-order chi connectivity index (χ1) is 16.7. The number of nitrogens with zero attached hydrogens (tertiary/aromatic N) is 3. The smallest absolute Gasteiger partial charge is 0.416 e. The van der Waals surface area contributed by atoms with Gasteiger partial charge in [-0.05, 0) is 31.2 Å². The Bertz CT molecular complexity index is 1230. The van der Waals surface area contributed by atoms with Crippen LogP contribution in [0.25, 0.3) is 10.9 Å². The first-order valence-electron chi connectivity index (χ1n) is 11.1. The quantitative estimate of drug-likeness (QED) is 0.487. The Kier molecular flexibility index (Phi) is 6.60. The lowest BCUT2D eigenvalue weighted by atomic mass is 10.2. The summed E-state index contributed by atoms with van der Waals surface area (Å²) < 4.78 is 56.6. The Hall–Kier alpha value is -2.83. The molecule has 0 saturated carbocycles. The first-order valence-corrected chi connectivity index (χ1v) is 12.0. The van der Waals surface area contributed by atoms with Gasteiger partial charge in [0, 0.05) is 11.8 Å². The molecule has 35 heavy (non-hydrogen) atoms.